The molecule has 1 atom stereocenters. The first-order chi connectivity index (χ1) is 12.3. The van der Waals surface area contributed by atoms with Gasteiger partial charge in [0.25, 0.3) is 0 Å². The van der Waals surface area contributed by atoms with Gasteiger partial charge in [-0.2, -0.15) is 0 Å². The van der Waals surface area contributed by atoms with E-state index in [4.69, 9.17) is 9.26 Å². The third-order valence-electron chi connectivity index (χ3n) is 5.38. The van der Waals surface area contributed by atoms with E-state index in [-0.39, 0.29) is 0 Å². The highest BCUT2D eigenvalue weighted by atomic mass is 16.5. The number of benzene rings is 1. The summed E-state index contributed by atoms with van der Waals surface area (Å²) in [7, 11) is 1.68. The molecule has 2 aliphatic rings. The van der Waals surface area contributed by atoms with Gasteiger partial charge in [-0.25, -0.2) is 0 Å². The molecule has 0 amide bonds. The van der Waals surface area contributed by atoms with Gasteiger partial charge >= 0.3 is 0 Å². The van der Waals surface area contributed by atoms with Crippen molar-refractivity contribution in [3.05, 3.63) is 29.8 Å². The predicted octanol–water partition coefficient (Wildman–Crippen LogP) is 2.76. The van der Waals surface area contributed by atoms with Crippen LogP contribution in [0.25, 0.3) is 11.0 Å². The minimum atomic E-state index is 0.394. The second-order valence-corrected chi connectivity index (χ2v) is 6.88. The third-order valence-corrected chi connectivity index (χ3v) is 5.38. The van der Waals surface area contributed by atoms with E-state index in [1.54, 1.807) is 7.11 Å². The molecule has 2 aliphatic heterocycles. The molecule has 0 spiro atoms. The van der Waals surface area contributed by atoms with E-state index >= 15 is 0 Å². The van der Waals surface area contributed by atoms with E-state index in [1.807, 2.05) is 18.2 Å². The van der Waals surface area contributed by atoms with Crippen molar-refractivity contribution in [3.63, 3.8) is 0 Å². The number of anilines is 1. The molecule has 7 heteroatoms. The van der Waals surface area contributed by atoms with Gasteiger partial charge in [0.05, 0.1) is 12.5 Å². The summed E-state index contributed by atoms with van der Waals surface area (Å²) in [6.07, 6.45) is 4.50. The van der Waals surface area contributed by atoms with Crippen LogP contribution in [0.2, 0.25) is 0 Å². The van der Waals surface area contributed by atoms with Gasteiger partial charge in [0.2, 0.25) is 0 Å². The first kappa shape index (κ1) is 14.7. The molecule has 7 nitrogen and oxygen atoms in total. The highest BCUT2D eigenvalue weighted by Crippen LogP contribution is 2.35. The summed E-state index contributed by atoms with van der Waals surface area (Å²) in [6.45, 7) is 2.94. The van der Waals surface area contributed by atoms with Crippen molar-refractivity contribution in [1.29, 1.82) is 0 Å². The van der Waals surface area contributed by atoms with Crippen LogP contribution in [0, 0.1) is 0 Å². The highest BCUT2D eigenvalue weighted by molar-refractivity contribution is 5.89. The van der Waals surface area contributed by atoms with Gasteiger partial charge in [-0.1, -0.05) is 5.16 Å². The molecule has 0 N–H and O–H groups in total. The van der Waals surface area contributed by atoms with Crippen LogP contribution in [0.3, 0.4) is 0 Å². The van der Waals surface area contributed by atoms with Crippen LogP contribution in [0.4, 0.5) is 5.82 Å². The number of hydrogen-bond acceptors (Lipinski definition) is 6. The molecular weight excluding hydrogens is 318 g/mol. The summed E-state index contributed by atoms with van der Waals surface area (Å²) >= 11 is 0. The normalized spacial score (nSPS) is 20.2. The molecular formula is C18H21N5O2. The van der Waals surface area contributed by atoms with Gasteiger partial charge in [-0.15, -0.1) is 10.2 Å². The van der Waals surface area contributed by atoms with E-state index in [0.29, 0.717) is 5.92 Å². The second kappa shape index (κ2) is 5.75. The highest BCUT2D eigenvalue weighted by Gasteiger charge is 2.30. The van der Waals surface area contributed by atoms with E-state index in [2.05, 4.69) is 24.8 Å². The van der Waals surface area contributed by atoms with Crippen molar-refractivity contribution in [2.75, 3.05) is 25.1 Å². The lowest BCUT2D eigenvalue weighted by molar-refractivity contribution is 0.415. The molecule has 1 fully saturated rings. The van der Waals surface area contributed by atoms with Gasteiger partial charge in [0.1, 0.15) is 17.4 Å². The van der Waals surface area contributed by atoms with Crippen molar-refractivity contribution < 1.29 is 9.26 Å². The molecule has 0 aliphatic carbocycles. The Morgan fingerprint density at radius 1 is 1.20 bits per heavy atom. The predicted molar refractivity (Wildman–Crippen MR) is 93.1 cm³/mol. The molecule has 3 aromatic rings. The van der Waals surface area contributed by atoms with Crippen LogP contribution < -0.4 is 9.64 Å². The van der Waals surface area contributed by atoms with Gasteiger partial charge < -0.3 is 18.7 Å². The fourth-order valence-corrected chi connectivity index (χ4v) is 4.12. The van der Waals surface area contributed by atoms with E-state index in [0.717, 1.165) is 73.1 Å². The standard InChI is InChI=1S/C18H21N5O2/c1-24-13-6-7-15-14(10-13)18(21-25-15)22-8-2-4-12(11-22)17-20-19-16-5-3-9-23(16)17/h6-7,10,12H,2-5,8-9,11H2,1H3. The number of fused-ring (bicyclic) bond motifs is 2. The maximum atomic E-state index is 5.52. The van der Waals surface area contributed by atoms with Gasteiger partial charge in [-0.05, 0) is 37.5 Å². The van der Waals surface area contributed by atoms with Crippen LogP contribution in [-0.2, 0) is 13.0 Å². The molecule has 2 aromatic heterocycles. The van der Waals surface area contributed by atoms with Gasteiger partial charge in [0, 0.05) is 32.0 Å². The summed E-state index contributed by atoms with van der Waals surface area (Å²) in [6, 6.07) is 5.81. The van der Waals surface area contributed by atoms with Crippen molar-refractivity contribution in [2.24, 2.45) is 0 Å². The monoisotopic (exact) mass is 339 g/mol. The van der Waals surface area contributed by atoms with Crippen molar-refractivity contribution in [2.45, 2.75) is 38.1 Å². The van der Waals surface area contributed by atoms with Gasteiger partial charge in [0.15, 0.2) is 11.4 Å². The second-order valence-electron chi connectivity index (χ2n) is 6.88. The molecule has 5 rings (SSSR count). The maximum absolute atomic E-state index is 5.52. The first-order valence-electron chi connectivity index (χ1n) is 8.94. The van der Waals surface area contributed by atoms with Crippen LogP contribution >= 0.6 is 0 Å². The number of rotatable bonds is 3. The number of piperidine rings is 1. The molecule has 0 bridgehead atoms. The Labute approximate surface area is 145 Å². The summed E-state index contributed by atoms with van der Waals surface area (Å²) in [5.41, 5.74) is 0.793. The van der Waals surface area contributed by atoms with Crippen molar-refractivity contribution >= 4 is 16.8 Å². The molecule has 0 radical (unpaired) electrons. The minimum Gasteiger partial charge on any atom is -0.497 e. The lowest BCUT2D eigenvalue weighted by atomic mass is 9.97. The average molecular weight is 339 g/mol. The topological polar surface area (TPSA) is 69.2 Å². The lowest BCUT2D eigenvalue weighted by Crippen LogP contribution is -2.35. The zero-order valence-electron chi connectivity index (χ0n) is 14.3. The summed E-state index contributed by atoms with van der Waals surface area (Å²) in [5.74, 6) is 4.40. The Bertz CT molecular complexity index is 915. The van der Waals surface area contributed by atoms with Crippen LogP contribution in [0.5, 0.6) is 5.75 Å². The van der Waals surface area contributed by atoms with E-state index in [9.17, 15) is 0 Å². The average Bonchev–Trinajstić information content (AvgIpc) is 3.36. The molecule has 1 aromatic carbocycles. The molecule has 130 valence electrons. The number of aromatic nitrogens is 4. The Morgan fingerprint density at radius 3 is 3.08 bits per heavy atom. The molecule has 1 saturated heterocycles. The van der Waals surface area contributed by atoms with E-state index < -0.39 is 0 Å². The Morgan fingerprint density at radius 2 is 2.16 bits per heavy atom. The summed E-state index contributed by atoms with van der Waals surface area (Å²) in [4.78, 5) is 2.32. The quantitative estimate of drug-likeness (QED) is 0.731. The first-order valence-corrected chi connectivity index (χ1v) is 8.94. The van der Waals surface area contributed by atoms with Crippen LogP contribution in [0.15, 0.2) is 22.7 Å². The smallest absolute Gasteiger partial charge is 0.180 e. The molecule has 0 saturated carbocycles. The number of ether oxygens (including phenoxy) is 1. The van der Waals surface area contributed by atoms with E-state index in [1.165, 1.54) is 6.42 Å². The number of aryl methyl sites for hydroxylation is 1. The Kier molecular flexibility index (Phi) is 3.39. The van der Waals surface area contributed by atoms with Crippen molar-refractivity contribution in [3.8, 4) is 5.75 Å². The molecule has 25 heavy (non-hydrogen) atoms. The fraction of sp³-hybridized carbons (Fsp3) is 0.500. The van der Waals surface area contributed by atoms with Gasteiger partial charge in [-0.3, -0.25) is 0 Å². The van der Waals surface area contributed by atoms with Crippen LogP contribution in [-0.4, -0.2) is 40.1 Å². The van der Waals surface area contributed by atoms with Crippen molar-refractivity contribution in [1.82, 2.24) is 19.9 Å². The largest absolute Gasteiger partial charge is 0.497 e. The molecule has 1 unspecified atom stereocenters. The number of nitrogens with zero attached hydrogens (tertiary/aromatic N) is 5. The number of hydrogen-bond donors (Lipinski definition) is 0. The number of methoxy groups -OCH3 is 1. The Balaban J connectivity index is 1.46. The maximum Gasteiger partial charge on any atom is 0.180 e. The summed E-state index contributed by atoms with van der Waals surface area (Å²) < 4.78 is 13.2. The minimum absolute atomic E-state index is 0.394. The zero-order valence-corrected chi connectivity index (χ0v) is 14.3. The molecule has 4 heterocycles. The third kappa shape index (κ3) is 2.37. The fourth-order valence-electron chi connectivity index (χ4n) is 4.12. The lowest BCUT2D eigenvalue weighted by Gasteiger charge is -2.32. The summed E-state index contributed by atoms with van der Waals surface area (Å²) in [5, 5.41) is 14.2. The zero-order chi connectivity index (χ0) is 16.8. The Hall–Kier alpha value is -2.57. The van der Waals surface area contributed by atoms with Crippen LogP contribution in [0.1, 0.15) is 36.8 Å². The SMILES string of the molecule is COc1ccc2onc(N3CCCC(c4nnc5n4CCC5)C3)c2c1.